The van der Waals surface area contributed by atoms with Crippen molar-refractivity contribution in [1.82, 2.24) is 0 Å². The van der Waals surface area contributed by atoms with E-state index in [2.05, 4.69) is 27.7 Å². The number of aliphatic hydroxyl groups excluding tert-OH is 2. The fourth-order valence-corrected chi connectivity index (χ4v) is 9.51. The molecule has 0 amide bonds. The zero-order chi connectivity index (χ0) is 22.7. The molecule has 0 saturated heterocycles. The van der Waals surface area contributed by atoms with Crippen LogP contribution in [-0.4, -0.2) is 39.7 Å². The van der Waals surface area contributed by atoms with Crippen molar-refractivity contribution in [3.63, 3.8) is 0 Å². The molecule has 0 heterocycles. The zero-order valence-electron chi connectivity index (χ0n) is 19.8. The Morgan fingerprint density at radius 3 is 2.35 bits per heavy atom. The van der Waals surface area contributed by atoms with Crippen LogP contribution in [0.25, 0.3) is 0 Å². The minimum atomic E-state index is -1.24. The van der Waals surface area contributed by atoms with E-state index in [-0.39, 0.29) is 35.0 Å². The second kappa shape index (κ2) is 8.27. The molecule has 4 saturated carbocycles. The van der Waals surface area contributed by atoms with Crippen molar-refractivity contribution in [2.75, 3.05) is 0 Å². The van der Waals surface area contributed by atoms with Crippen LogP contribution in [-0.2, 0) is 4.79 Å². The summed E-state index contributed by atoms with van der Waals surface area (Å²) in [6.45, 7) is 8.93. The number of carboxylic acid groups (broad SMARTS) is 1. The Morgan fingerprint density at radius 2 is 1.71 bits per heavy atom. The normalized spacial score (nSPS) is 52.7. The lowest BCUT2D eigenvalue weighted by atomic mass is 9.41. The standard InChI is InChI=1S/C26H43FO4/c1-5-15-22-23(27)19(28)11-13-26(22,4)18-10-12-25(3)16(14(2)6-9-20(29)30)7-8-17(25)21(18)24(15)31/h14-19,21-24,28,31H,5-13H2,1-4H3,(H,29,30)/t14-,15-,16?,17?,18?,19-,21?,22-,23+,24?,25-,26-/m1/s1. The Labute approximate surface area is 187 Å². The smallest absolute Gasteiger partial charge is 0.303 e. The molecule has 178 valence electrons. The molecule has 0 bridgehead atoms. The quantitative estimate of drug-likeness (QED) is 0.560. The molecule has 0 aromatic heterocycles. The van der Waals surface area contributed by atoms with Gasteiger partial charge >= 0.3 is 5.97 Å². The summed E-state index contributed by atoms with van der Waals surface area (Å²) in [5, 5.41) is 31.1. The molecule has 0 radical (unpaired) electrons. The number of rotatable bonds is 5. The minimum absolute atomic E-state index is 0.0953. The van der Waals surface area contributed by atoms with E-state index in [1.54, 1.807) is 0 Å². The first kappa shape index (κ1) is 23.5. The molecular formula is C26H43FO4. The molecule has 0 spiro atoms. The van der Waals surface area contributed by atoms with E-state index in [9.17, 15) is 15.0 Å². The number of hydrogen-bond donors (Lipinski definition) is 3. The van der Waals surface area contributed by atoms with Crippen molar-refractivity contribution in [1.29, 1.82) is 0 Å². The van der Waals surface area contributed by atoms with Gasteiger partial charge in [-0.2, -0.15) is 0 Å². The number of fused-ring (bicyclic) bond motifs is 5. The monoisotopic (exact) mass is 438 g/mol. The molecule has 4 aliphatic rings. The first-order chi connectivity index (χ1) is 14.6. The van der Waals surface area contributed by atoms with Gasteiger partial charge in [-0.3, -0.25) is 4.79 Å². The van der Waals surface area contributed by atoms with Gasteiger partial charge in [-0.25, -0.2) is 4.39 Å². The maximum Gasteiger partial charge on any atom is 0.303 e. The molecule has 4 aliphatic carbocycles. The molecule has 4 nitrogen and oxygen atoms in total. The number of aliphatic hydroxyl groups is 2. The minimum Gasteiger partial charge on any atom is -0.481 e. The van der Waals surface area contributed by atoms with Gasteiger partial charge in [0.15, 0.2) is 0 Å². The summed E-state index contributed by atoms with van der Waals surface area (Å²) in [6, 6.07) is 0. The maximum absolute atomic E-state index is 15.4. The van der Waals surface area contributed by atoms with E-state index in [1.807, 2.05) is 0 Å². The molecule has 5 unspecified atom stereocenters. The van der Waals surface area contributed by atoms with Crippen molar-refractivity contribution in [2.24, 2.45) is 52.3 Å². The van der Waals surface area contributed by atoms with E-state index in [4.69, 9.17) is 5.11 Å². The third-order valence-corrected chi connectivity index (χ3v) is 11.0. The van der Waals surface area contributed by atoms with Gasteiger partial charge in [-0.1, -0.05) is 34.1 Å². The summed E-state index contributed by atoms with van der Waals surface area (Å²) in [5.41, 5.74) is -0.0254. The number of carboxylic acids is 1. The van der Waals surface area contributed by atoms with Crippen LogP contribution in [0.5, 0.6) is 0 Å². The molecule has 31 heavy (non-hydrogen) atoms. The Kier molecular flexibility index (Phi) is 6.26. The summed E-state index contributed by atoms with van der Waals surface area (Å²) in [6.07, 6.45) is 4.75. The summed E-state index contributed by atoms with van der Waals surface area (Å²) in [4.78, 5) is 11.1. The molecule has 0 aliphatic heterocycles. The Hall–Kier alpha value is -0.680. The Morgan fingerprint density at radius 1 is 1.06 bits per heavy atom. The number of alkyl halides is 1. The third-order valence-electron chi connectivity index (χ3n) is 11.0. The van der Waals surface area contributed by atoms with Gasteiger partial charge < -0.3 is 15.3 Å². The van der Waals surface area contributed by atoms with E-state index >= 15 is 4.39 Å². The summed E-state index contributed by atoms with van der Waals surface area (Å²) < 4.78 is 15.4. The third kappa shape index (κ3) is 3.48. The van der Waals surface area contributed by atoms with Crippen LogP contribution >= 0.6 is 0 Å². The van der Waals surface area contributed by atoms with Crippen LogP contribution in [0.4, 0.5) is 4.39 Å². The van der Waals surface area contributed by atoms with Gasteiger partial charge in [0.1, 0.15) is 6.17 Å². The SMILES string of the molecule is CC[C@H]1C(O)C2C3CCC([C@H](C)CCC(=O)O)[C@@]3(C)CCC2[C@@]2(C)CC[C@@H](O)[C@H](F)[C@@H]12. The van der Waals surface area contributed by atoms with Crippen molar-refractivity contribution in [2.45, 2.75) is 104 Å². The predicted molar refractivity (Wildman–Crippen MR) is 118 cm³/mol. The zero-order valence-corrected chi connectivity index (χ0v) is 19.8. The van der Waals surface area contributed by atoms with E-state index in [0.29, 0.717) is 30.1 Å². The largest absolute Gasteiger partial charge is 0.481 e. The first-order valence-corrected chi connectivity index (χ1v) is 12.8. The maximum atomic E-state index is 15.4. The number of hydrogen-bond acceptors (Lipinski definition) is 3. The number of halogens is 1. The summed E-state index contributed by atoms with van der Waals surface area (Å²) in [5.74, 6) is 0.733. The fourth-order valence-electron chi connectivity index (χ4n) is 9.51. The van der Waals surface area contributed by atoms with E-state index < -0.39 is 24.3 Å². The van der Waals surface area contributed by atoms with Crippen LogP contribution in [0.1, 0.15) is 85.5 Å². The summed E-state index contributed by atoms with van der Waals surface area (Å²) >= 11 is 0. The molecule has 12 atom stereocenters. The average Bonchev–Trinajstić information content (AvgIpc) is 3.08. The molecule has 0 aromatic rings. The number of carbonyl (C=O) groups is 1. The van der Waals surface area contributed by atoms with Crippen molar-refractivity contribution in [3.8, 4) is 0 Å². The van der Waals surface area contributed by atoms with Gasteiger partial charge in [-0.15, -0.1) is 0 Å². The Bertz CT molecular complexity index is 684. The Balaban J connectivity index is 1.64. The van der Waals surface area contributed by atoms with E-state index in [1.165, 1.54) is 0 Å². The summed E-state index contributed by atoms with van der Waals surface area (Å²) in [7, 11) is 0. The van der Waals surface area contributed by atoms with E-state index in [0.717, 1.165) is 44.9 Å². The van der Waals surface area contributed by atoms with Gasteiger partial charge in [0, 0.05) is 12.3 Å². The highest BCUT2D eigenvalue weighted by atomic mass is 19.1. The average molecular weight is 439 g/mol. The lowest BCUT2D eigenvalue weighted by molar-refractivity contribution is -0.222. The molecule has 0 aromatic carbocycles. The van der Waals surface area contributed by atoms with Crippen molar-refractivity contribution in [3.05, 3.63) is 0 Å². The second-order valence-corrected chi connectivity index (χ2v) is 12.1. The first-order valence-electron chi connectivity index (χ1n) is 12.8. The highest BCUT2D eigenvalue weighted by molar-refractivity contribution is 5.66. The second-order valence-electron chi connectivity index (χ2n) is 12.1. The number of aliphatic carboxylic acids is 1. The van der Waals surface area contributed by atoms with Crippen LogP contribution in [0.2, 0.25) is 0 Å². The van der Waals surface area contributed by atoms with Crippen LogP contribution < -0.4 is 0 Å². The highest BCUT2D eigenvalue weighted by Crippen LogP contribution is 2.69. The van der Waals surface area contributed by atoms with Crippen LogP contribution in [0.15, 0.2) is 0 Å². The van der Waals surface area contributed by atoms with Gasteiger partial charge in [0.05, 0.1) is 12.2 Å². The molecular weight excluding hydrogens is 395 g/mol. The topological polar surface area (TPSA) is 77.8 Å². The lowest BCUT2D eigenvalue weighted by Gasteiger charge is -2.65. The molecule has 3 N–H and O–H groups in total. The molecule has 4 fully saturated rings. The van der Waals surface area contributed by atoms with Crippen molar-refractivity contribution >= 4 is 5.97 Å². The lowest BCUT2D eigenvalue weighted by Crippen LogP contribution is -2.65. The van der Waals surface area contributed by atoms with Crippen LogP contribution in [0, 0.1) is 52.3 Å². The highest BCUT2D eigenvalue weighted by Gasteiger charge is 2.66. The van der Waals surface area contributed by atoms with Gasteiger partial charge in [0.2, 0.25) is 0 Å². The fraction of sp³-hybridized carbons (Fsp3) is 0.962. The molecule has 4 rings (SSSR count). The predicted octanol–water partition coefficient (Wildman–Crippen LogP) is 5.06. The van der Waals surface area contributed by atoms with Crippen molar-refractivity contribution < 1.29 is 24.5 Å². The molecule has 5 heteroatoms. The van der Waals surface area contributed by atoms with Crippen LogP contribution in [0.3, 0.4) is 0 Å². The van der Waals surface area contributed by atoms with Gasteiger partial charge in [0.25, 0.3) is 0 Å². The van der Waals surface area contributed by atoms with Gasteiger partial charge in [-0.05, 0) is 91.3 Å².